The summed E-state index contributed by atoms with van der Waals surface area (Å²) in [6.07, 6.45) is 3.89. The Morgan fingerprint density at radius 3 is 2.82 bits per heavy atom. The number of rotatable bonds is 6. The third-order valence-electron chi connectivity index (χ3n) is 2.95. The Morgan fingerprint density at radius 1 is 1.41 bits per heavy atom. The number of hydrogen-bond donors (Lipinski definition) is 0. The highest BCUT2D eigenvalue weighted by molar-refractivity contribution is 14.1. The molecular formula is C14H14Cl2IN3O2. The third-order valence-corrected chi connectivity index (χ3v) is 4.38. The van der Waals surface area contributed by atoms with Gasteiger partial charge in [-0.2, -0.15) is 5.10 Å². The number of hydrogen-bond acceptors (Lipinski definition) is 4. The number of alkyl halides is 1. The number of ether oxygens (including phenoxy) is 1. The van der Waals surface area contributed by atoms with Crippen molar-refractivity contribution in [1.82, 2.24) is 14.8 Å². The molecule has 0 aromatic carbocycles. The molecule has 0 spiro atoms. The van der Waals surface area contributed by atoms with E-state index >= 15 is 0 Å². The summed E-state index contributed by atoms with van der Waals surface area (Å²) in [4.78, 5) is 16.3. The zero-order valence-corrected chi connectivity index (χ0v) is 15.5. The van der Waals surface area contributed by atoms with Crippen molar-refractivity contribution in [1.29, 1.82) is 0 Å². The van der Waals surface area contributed by atoms with Crippen molar-refractivity contribution in [2.75, 3.05) is 0 Å². The molecule has 2 rings (SSSR count). The second-order valence-corrected chi connectivity index (χ2v) is 6.69. The Bertz CT molecular complexity index is 691. The first kappa shape index (κ1) is 17.5. The Hall–Kier alpha value is -0.860. The zero-order chi connectivity index (χ0) is 16.1. The van der Waals surface area contributed by atoms with Crippen LogP contribution in [0.25, 0.3) is 0 Å². The highest BCUT2D eigenvalue weighted by Gasteiger charge is 2.13. The monoisotopic (exact) mass is 453 g/mol. The van der Waals surface area contributed by atoms with E-state index in [0.29, 0.717) is 6.54 Å². The van der Waals surface area contributed by atoms with Crippen molar-refractivity contribution < 1.29 is 4.74 Å². The van der Waals surface area contributed by atoms with Crippen LogP contribution in [-0.4, -0.2) is 20.1 Å². The molecule has 0 aliphatic carbocycles. The third kappa shape index (κ3) is 4.57. The molecule has 2 heterocycles. The molecular weight excluding hydrogens is 440 g/mol. The average Bonchev–Trinajstić information content (AvgIpc) is 2.52. The van der Waals surface area contributed by atoms with E-state index in [2.05, 4.69) is 32.7 Å². The van der Waals surface area contributed by atoms with E-state index in [9.17, 15) is 4.79 Å². The van der Waals surface area contributed by atoms with Gasteiger partial charge < -0.3 is 4.74 Å². The van der Waals surface area contributed by atoms with Gasteiger partial charge in [-0.3, -0.25) is 4.79 Å². The molecule has 5 nitrogen and oxygen atoms in total. The summed E-state index contributed by atoms with van der Waals surface area (Å²) in [6.45, 7) is 2.52. The molecule has 2 aromatic rings. The molecule has 0 bridgehead atoms. The molecule has 1 unspecified atom stereocenters. The van der Waals surface area contributed by atoms with Crippen molar-refractivity contribution in [3.63, 3.8) is 0 Å². The van der Waals surface area contributed by atoms with Gasteiger partial charge in [-0.1, -0.05) is 24.6 Å². The van der Waals surface area contributed by atoms with Gasteiger partial charge in [0.1, 0.15) is 10.3 Å². The molecule has 0 saturated carbocycles. The summed E-state index contributed by atoms with van der Waals surface area (Å²) in [6, 6.07) is 3.78. The van der Waals surface area contributed by atoms with Crippen molar-refractivity contribution in [3.8, 4) is 5.75 Å². The van der Waals surface area contributed by atoms with Crippen molar-refractivity contribution in [2.24, 2.45) is 0 Å². The molecule has 0 saturated heterocycles. The van der Waals surface area contributed by atoms with Crippen LogP contribution in [-0.2, 0) is 13.2 Å². The highest BCUT2D eigenvalue weighted by atomic mass is 127. The van der Waals surface area contributed by atoms with Crippen LogP contribution in [0.5, 0.6) is 5.75 Å². The van der Waals surface area contributed by atoms with Gasteiger partial charge in [0.2, 0.25) is 0 Å². The number of pyridine rings is 1. The maximum absolute atomic E-state index is 12.1. The maximum atomic E-state index is 12.1. The topological polar surface area (TPSA) is 57.0 Å². The minimum Gasteiger partial charge on any atom is -0.485 e. The van der Waals surface area contributed by atoms with Gasteiger partial charge >= 0.3 is 0 Å². The molecule has 0 aliphatic rings. The van der Waals surface area contributed by atoms with Gasteiger partial charge in [-0.25, -0.2) is 9.67 Å². The molecule has 22 heavy (non-hydrogen) atoms. The SMILES string of the molecule is CCC(Cl)Cn1ncc(OCc2ccc(I)nc2)c(Cl)c1=O. The summed E-state index contributed by atoms with van der Waals surface area (Å²) in [5.74, 6) is 0.254. The van der Waals surface area contributed by atoms with Crippen molar-refractivity contribution >= 4 is 45.8 Å². The lowest BCUT2D eigenvalue weighted by molar-refractivity contribution is 0.301. The van der Waals surface area contributed by atoms with Crippen molar-refractivity contribution in [2.45, 2.75) is 31.9 Å². The van der Waals surface area contributed by atoms with Gasteiger partial charge in [-0.15, -0.1) is 11.6 Å². The van der Waals surface area contributed by atoms with E-state index in [1.54, 1.807) is 6.20 Å². The Labute approximate surface area is 151 Å². The van der Waals surface area contributed by atoms with Crippen LogP contribution in [0.4, 0.5) is 0 Å². The molecule has 8 heteroatoms. The first-order valence-corrected chi connectivity index (χ1v) is 8.53. The van der Waals surface area contributed by atoms with E-state index in [-0.39, 0.29) is 22.8 Å². The minimum absolute atomic E-state index is 0.00782. The number of aromatic nitrogens is 3. The van der Waals surface area contributed by atoms with Crippen LogP contribution >= 0.6 is 45.8 Å². The predicted octanol–water partition coefficient (Wildman–Crippen LogP) is 3.49. The Kier molecular flexibility index (Phi) is 6.46. The summed E-state index contributed by atoms with van der Waals surface area (Å²) in [7, 11) is 0. The van der Waals surface area contributed by atoms with E-state index in [1.807, 2.05) is 19.1 Å². The lowest BCUT2D eigenvalue weighted by Gasteiger charge is -2.11. The molecule has 0 N–H and O–H groups in total. The van der Waals surface area contributed by atoms with Crippen LogP contribution in [0.3, 0.4) is 0 Å². The van der Waals surface area contributed by atoms with Crippen molar-refractivity contribution in [3.05, 3.63) is 49.2 Å². The van der Waals surface area contributed by atoms with Gasteiger partial charge in [0, 0.05) is 11.8 Å². The summed E-state index contributed by atoms with van der Waals surface area (Å²) >= 11 is 14.2. The van der Waals surface area contributed by atoms with Gasteiger partial charge in [0.25, 0.3) is 5.56 Å². The maximum Gasteiger partial charge on any atom is 0.289 e. The Morgan fingerprint density at radius 2 is 2.18 bits per heavy atom. The summed E-state index contributed by atoms with van der Waals surface area (Å²) < 4.78 is 7.70. The van der Waals surface area contributed by atoms with Crippen LogP contribution in [0.2, 0.25) is 5.02 Å². The lowest BCUT2D eigenvalue weighted by atomic mass is 10.3. The highest BCUT2D eigenvalue weighted by Crippen LogP contribution is 2.20. The lowest BCUT2D eigenvalue weighted by Crippen LogP contribution is -2.27. The van der Waals surface area contributed by atoms with E-state index in [4.69, 9.17) is 27.9 Å². The minimum atomic E-state index is -0.404. The largest absolute Gasteiger partial charge is 0.485 e. The van der Waals surface area contributed by atoms with Crippen LogP contribution in [0.15, 0.2) is 29.3 Å². The standard InChI is InChI=1S/C14H14Cl2IN3O2/c1-2-10(15)7-20-14(21)13(16)11(6-19-20)22-8-9-3-4-12(17)18-5-9/h3-6,10H,2,7-8H2,1H3. The fraction of sp³-hybridized carbons (Fsp3) is 0.357. The predicted molar refractivity (Wildman–Crippen MR) is 94.7 cm³/mol. The summed E-state index contributed by atoms with van der Waals surface area (Å²) in [5.41, 5.74) is 0.478. The smallest absolute Gasteiger partial charge is 0.289 e. The summed E-state index contributed by atoms with van der Waals surface area (Å²) in [5, 5.41) is 3.89. The molecule has 118 valence electrons. The quantitative estimate of drug-likeness (QED) is 0.381. The zero-order valence-electron chi connectivity index (χ0n) is 11.8. The molecule has 1 atom stereocenters. The van der Waals surface area contributed by atoms with Gasteiger partial charge in [0.15, 0.2) is 10.8 Å². The molecule has 2 aromatic heterocycles. The molecule has 0 radical (unpaired) electrons. The van der Waals surface area contributed by atoms with Crippen LogP contribution < -0.4 is 10.3 Å². The van der Waals surface area contributed by atoms with Gasteiger partial charge in [0.05, 0.1) is 18.1 Å². The normalized spacial score (nSPS) is 12.2. The second-order valence-electron chi connectivity index (χ2n) is 4.59. The molecule has 0 aliphatic heterocycles. The van der Waals surface area contributed by atoms with Gasteiger partial charge in [-0.05, 0) is 35.1 Å². The van der Waals surface area contributed by atoms with Crippen LogP contribution in [0, 0.1) is 3.70 Å². The Balaban J connectivity index is 2.10. The molecule has 0 fully saturated rings. The van der Waals surface area contributed by atoms with E-state index in [1.165, 1.54) is 10.9 Å². The fourth-order valence-corrected chi connectivity index (χ4v) is 2.30. The van der Waals surface area contributed by atoms with E-state index < -0.39 is 5.56 Å². The first-order chi connectivity index (χ1) is 10.5. The van der Waals surface area contributed by atoms with Crippen LogP contribution in [0.1, 0.15) is 18.9 Å². The average molecular weight is 454 g/mol. The molecule has 0 amide bonds. The van der Waals surface area contributed by atoms with E-state index in [0.717, 1.165) is 15.7 Å². The first-order valence-electron chi connectivity index (χ1n) is 6.64. The number of halogens is 3. The fourth-order valence-electron chi connectivity index (χ4n) is 1.65. The number of nitrogens with zero attached hydrogens (tertiary/aromatic N) is 3. The second kappa shape index (κ2) is 8.12.